The van der Waals surface area contributed by atoms with Gasteiger partial charge in [-0.3, -0.25) is 0 Å². The van der Waals surface area contributed by atoms with Crippen LogP contribution in [0, 0.1) is 0 Å². The lowest BCUT2D eigenvalue weighted by atomic mass is 10.2. The van der Waals surface area contributed by atoms with Crippen molar-refractivity contribution in [2.24, 2.45) is 0 Å². The number of imidazole rings is 1. The summed E-state index contributed by atoms with van der Waals surface area (Å²) in [6.07, 6.45) is 9.37. The summed E-state index contributed by atoms with van der Waals surface area (Å²) in [5, 5.41) is 0. The highest BCUT2D eigenvalue weighted by atomic mass is 15.2. The summed E-state index contributed by atoms with van der Waals surface area (Å²) >= 11 is 0. The van der Waals surface area contributed by atoms with Crippen LogP contribution in [0.25, 0.3) is 11.2 Å². The molecule has 0 unspecified atom stereocenters. The molecule has 2 heterocycles. The zero-order chi connectivity index (χ0) is 11.7. The molecule has 17 heavy (non-hydrogen) atoms. The molecule has 0 N–H and O–H groups in total. The molecule has 1 aliphatic carbocycles. The molecular weight excluding hydrogens is 210 g/mol. The van der Waals surface area contributed by atoms with Crippen LogP contribution in [0.2, 0.25) is 0 Å². The van der Waals surface area contributed by atoms with Crippen LogP contribution < -0.4 is 0 Å². The van der Waals surface area contributed by atoms with E-state index in [2.05, 4.69) is 22.5 Å². The number of aryl methyl sites for hydroxylation is 1. The maximum absolute atomic E-state index is 4.75. The minimum atomic E-state index is 0.636. The number of hydrogen-bond acceptors (Lipinski definition) is 2. The average molecular weight is 229 g/mol. The van der Waals surface area contributed by atoms with Gasteiger partial charge in [0, 0.05) is 18.7 Å². The van der Waals surface area contributed by atoms with Crippen molar-refractivity contribution in [3.8, 4) is 0 Å². The molecule has 0 saturated heterocycles. The van der Waals surface area contributed by atoms with E-state index in [1.165, 1.54) is 31.5 Å². The van der Waals surface area contributed by atoms with Crippen molar-refractivity contribution >= 4 is 11.2 Å². The lowest BCUT2D eigenvalue weighted by Crippen LogP contribution is -2.09. The van der Waals surface area contributed by atoms with E-state index >= 15 is 0 Å². The third kappa shape index (κ3) is 1.84. The number of rotatable bonds is 3. The summed E-state index contributed by atoms with van der Waals surface area (Å²) in [4.78, 5) is 9.28. The molecule has 0 radical (unpaired) electrons. The van der Waals surface area contributed by atoms with Crippen LogP contribution >= 0.6 is 0 Å². The van der Waals surface area contributed by atoms with E-state index in [0.717, 1.165) is 24.0 Å². The SMILES string of the molecule is CCCc1nc2cccnc2n1C1CCCC1. The Morgan fingerprint density at radius 2 is 2.18 bits per heavy atom. The summed E-state index contributed by atoms with van der Waals surface area (Å²) in [6, 6.07) is 4.69. The molecule has 0 spiro atoms. The summed E-state index contributed by atoms with van der Waals surface area (Å²) in [5.74, 6) is 1.23. The van der Waals surface area contributed by atoms with E-state index in [-0.39, 0.29) is 0 Å². The van der Waals surface area contributed by atoms with Gasteiger partial charge in [0.05, 0.1) is 0 Å². The molecule has 1 aliphatic rings. The van der Waals surface area contributed by atoms with E-state index in [1.807, 2.05) is 12.3 Å². The monoisotopic (exact) mass is 229 g/mol. The van der Waals surface area contributed by atoms with Gasteiger partial charge >= 0.3 is 0 Å². The molecule has 0 amide bonds. The standard InChI is InChI=1S/C14H19N3/c1-2-6-13-16-12-9-5-10-15-14(12)17(13)11-7-3-4-8-11/h5,9-11H,2-4,6-8H2,1H3. The van der Waals surface area contributed by atoms with Crippen molar-refractivity contribution in [1.82, 2.24) is 14.5 Å². The lowest BCUT2D eigenvalue weighted by Gasteiger charge is -2.15. The minimum absolute atomic E-state index is 0.636. The molecule has 1 fully saturated rings. The normalized spacial score (nSPS) is 17.0. The Labute approximate surface area is 102 Å². The molecular formula is C14H19N3. The first-order valence-corrected chi connectivity index (χ1v) is 6.72. The zero-order valence-corrected chi connectivity index (χ0v) is 10.4. The summed E-state index contributed by atoms with van der Waals surface area (Å²) in [6.45, 7) is 2.21. The third-order valence-corrected chi connectivity index (χ3v) is 3.69. The van der Waals surface area contributed by atoms with Gasteiger partial charge in [0.25, 0.3) is 0 Å². The predicted octanol–water partition coefficient (Wildman–Crippen LogP) is 3.50. The van der Waals surface area contributed by atoms with Crippen molar-refractivity contribution in [2.45, 2.75) is 51.5 Å². The number of nitrogens with zero attached hydrogens (tertiary/aromatic N) is 3. The van der Waals surface area contributed by atoms with E-state index < -0.39 is 0 Å². The fraction of sp³-hybridized carbons (Fsp3) is 0.571. The Morgan fingerprint density at radius 3 is 2.94 bits per heavy atom. The zero-order valence-electron chi connectivity index (χ0n) is 10.4. The van der Waals surface area contributed by atoms with Crippen LogP contribution in [0.5, 0.6) is 0 Å². The van der Waals surface area contributed by atoms with Gasteiger partial charge in [0.2, 0.25) is 0 Å². The fourth-order valence-corrected chi connectivity index (χ4v) is 2.92. The van der Waals surface area contributed by atoms with Crippen LogP contribution in [0.4, 0.5) is 0 Å². The highest BCUT2D eigenvalue weighted by molar-refractivity contribution is 5.71. The van der Waals surface area contributed by atoms with E-state index in [9.17, 15) is 0 Å². The van der Waals surface area contributed by atoms with Gasteiger partial charge < -0.3 is 4.57 Å². The maximum Gasteiger partial charge on any atom is 0.160 e. The van der Waals surface area contributed by atoms with Gasteiger partial charge in [-0.05, 0) is 31.4 Å². The topological polar surface area (TPSA) is 30.7 Å². The van der Waals surface area contributed by atoms with E-state index in [0.29, 0.717) is 6.04 Å². The van der Waals surface area contributed by atoms with Gasteiger partial charge in [-0.1, -0.05) is 19.8 Å². The average Bonchev–Trinajstić information content (AvgIpc) is 2.94. The van der Waals surface area contributed by atoms with Gasteiger partial charge in [-0.2, -0.15) is 0 Å². The molecule has 0 bridgehead atoms. The first-order chi connectivity index (χ1) is 8.40. The number of aromatic nitrogens is 3. The Bertz CT molecular complexity index is 509. The highest BCUT2D eigenvalue weighted by Gasteiger charge is 2.22. The van der Waals surface area contributed by atoms with Crippen molar-refractivity contribution < 1.29 is 0 Å². The molecule has 0 aromatic carbocycles. The van der Waals surface area contributed by atoms with Gasteiger partial charge in [-0.25, -0.2) is 9.97 Å². The second-order valence-electron chi connectivity index (χ2n) is 4.93. The Hall–Kier alpha value is -1.38. The smallest absolute Gasteiger partial charge is 0.160 e. The molecule has 90 valence electrons. The molecule has 3 heteroatoms. The summed E-state index contributed by atoms with van der Waals surface area (Å²) in [5.41, 5.74) is 2.14. The van der Waals surface area contributed by atoms with E-state index in [4.69, 9.17) is 4.98 Å². The molecule has 0 atom stereocenters. The number of hydrogen-bond donors (Lipinski definition) is 0. The Kier molecular flexibility index (Phi) is 2.83. The van der Waals surface area contributed by atoms with Crippen LogP contribution in [-0.4, -0.2) is 14.5 Å². The quantitative estimate of drug-likeness (QED) is 0.806. The second-order valence-corrected chi connectivity index (χ2v) is 4.93. The van der Waals surface area contributed by atoms with Gasteiger partial charge in [0.15, 0.2) is 5.65 Å². The van der Waals surface area contributed by atoms with Crippen molar-refractivity contribution in [3.63, 3.8) is 0 Å². The Balaban J connectivity index is 2.13. The lowest BCUT2D eigenvalue weighted by molar-refractivity contribution is 0.505. The number of pyridine rings is 1. The van der Waals surface area contributed by atoms with Crippen molar-refractivity contribution in [1.29, 1.82) is 0 Å². The largest absolute Gasteiger partial charge is 0.310 e. The van der Waals surface area contributed by atoms with Gasteiger partial charge in [0.1, 0.15) is 11.3 Å². The molecule has 0 aliphatic heterocycles. The van der Waals surface area contributed by atoms with Crippen LogP contribution in [0.15, 0.2) is 18.3 Å². The van der Waals surface area contributed by atoms with Crippen LogP contribution in [0.3, 0.4) is 0 Å². The highest BCUT2D eigenvalue weighted by Crippen LogP contribution is 2.33. The molecule has 2 aromatic rings. The Morgan fingerprint density at radius 1 is 1.35 bits per heavy atom. The molecule has 1 saturated carbocycles. The fourth-order valence-electron chi connectivity index (χ4n) is 2.92. The first kappa shape index (κ1) is 10.8. The van der Waals surface area contributed by atoms with Crippen molar-refractivity contribution in [3.05, 3.63) is 24.2 Å². The molecule has 3 rings (SSSR count). The van der Waals surface area contributed by atoms with Crippen LogP contribution in [0.1, 0.15) is 50.9 Å². The van der Waals surface area contributed by atoms with Gasteiger partial charge in [-0.15, -0.1) is 0 Å². The summed E-state index contributed by atoms with van der Waals surface area (Å²) < 4.78 is 2.41. The number of fused-ring (bicyclic) bond motifs is 1. The maximum atomic E-state index is 4.75. The van der Waals surface area contributed by atoms with Crippen molar-refractivity contribution in [2.75, 3.05) is 0 Å². The minimum Gasteiger partial charge on any atom is -0.310 e. The molecule has 2 aromatic heterocycles. The van der Waals surface area contributed by atoms with E-state index in [1.54, 1.807) is 0 Å². The second kappa shape index (κ2) is 4.47. The summed E-state index contributed by atoms with van der Waals surface area (Å²) in [7, 11) is 0. The van der Waals surface area contributed by atoms with Crippen LogP contribution in [-0.2, 0) is 6.42 Å². The predicted molar refractivity (Wildman–Crippen MR) is 69.0 cm³/mol. The molecule has 3 nitrogen and oxygen atoms in total. The first-order valence-electron chi connectivity index (χ1n) is 6.72. The third-order valence-electron chi connectivity index (χ3n) is 3.69.